The number of guanidine groups is 1. The maximum atomic E-state index is 5.41. The standard InChI is InChI=1S/C17H27N5O/c1-5-14(6-2)16-9-15(23-21-16)11-20-17(18-3)19-10-13-7-8-22(4)12-13/h7-9,12,14H,5-6,10-11H2,1-4H3,(H2,18,19,20). The van der Waals surface area contributed by atoms with E-state index in [4.69, 9.17) is 4.52 Å². The smallest absolute Gasteiger partial charge is 0.191 e. The molecule has 0 unspecified atom stereocenters. The van der Waals surface area contributed by atoms with E-state index in [2.05, 4.69) is 46.9 Å². The van der Waals surface area contributed by atoms with Crippen molar-refractivity contribution < 1.29 is 4.52 Å². The molecule has 6 heteroatoms. The summed E-state index contributed by atoms with van der Waals surface area (Å²) in [4.78, 5) is 4.22. The zero-order valence-electron chi connectivity index (χ0n) is 14.5. The minimum Gasteiger partial charge on any atom is -0.359 e. The summed E-state index contributed by atoms with van der Waals surface area (Å²) in [7, 11) is 3.77. The molecule has 0 aliphatic heterocycles. The summed E-state index contributed by atoms with van der Waals surface area (Å²) in [5, 5.41) is 10.7. The van der Waals surface area contributed by atoms with Gasteiger partial charge < -0.3 is 19.7 Å². The lowest BCUT2D eigenvalue weighted by atomic mass is 9.99. The van der Waals surface area contributed by atoms with Crippen LogP contribution in [0.25, 0.3) is 0 Å². The van der Waals surface area contributed by atoms with Gasteiger partial charge in [0.05, 0.1) is 12.2 Å². The Bertz CT molecular complexity index is 624. The van der Waals surface area contributed by atoms with Crippen molar-refractivity contribution in [2.75, 3.05) is 7.05 Å². The molecule has 0 fully saturated rings. The van der Waals surface area contributed by atoms with Gasteiger partial charge in [0, 0.05) is 45.0 Å². The summed E-state index contributed by atoms with van der Waals surface area (Å²) < 4.78 is 7.44. The summed E-state index contributed by atoms with van der Waals surface area (Å²) in [5.41, 5.74) is 2.25. The molecule has 0 saturated heterocycles. The first-order valence-electron chi connectivity index (χ1n) is 8.17. The van der Waals surface area contributed by atoms with Gasteiger partial charge in [0.15, 0.2) is 11.7 Å². The molecule has 0 amide bonds. The molecule has 0 aliphatic rings. The van der Waals surface area contributed by atoms with Crippen molar-refractivity contribution in [3.05, 3.63) is 41.5 Å². The van der Waals surface area contributed by atoms with Gasteiger partial charge in [-0.15, -0.1) is 0 Å². The van der Waals surface area contributed by atoms with E-state index in [1.807, 2.05) is 23.9 Å². The summed E-state index contributed by atoms with van der Waals surface area (Å²) in [5.74, 6) is 2.05. The average molecular weight is 317 g/mol. The second-order valence-corrected chi connectivity index (χ2v) is 5.70. The van der Waals surface area contributed by atoms with Gasteiger partial charge in [0.1, 0.15) is 0 Å². The summed E-state index contributed by atoms with van der Waals surface area (Å²) >= 11 is 0. The van der Waals surface area contributed by atoms with Crippen molar-refractivity contribution in [3.63, 3.8) is 0 Å². The number of nitrogens with one attached hydrogen (secondary N) is 2. The summed E-state index contributed by atoms with van der Waals surface area (Å²) in [6.45, 7) is 5.66. The molecular formula is C17H27N5O. The highest BCUT2D eigenvalue weighted by Gasteiger charge is 2.13. The van der Waals surface area contributed by atoms with Crippen LogP contribution in [0, 0.1) is 0 Å². The topological polar surface area (TPSA) is 67.4 Å². The van der Waals surface area contributed by atoms with Crippen LogP contribution in [0.15, 0.2) is 34.0 Å². The van der Waals surface area contributed by atoms with E-state index >= 15 is 0 Å². The monoisotopic (exact) mass is 317 g/mol. The molecule has 2 aromatic heterocycles. The predicted molar refractivity (Wildman–Crippen MR) is 92.3 cm³/mol. The van der Waals surface area contributed by atoms with Crippen LogP contribution >= 0.6 is 0 Å². The van der Waals surface area contributed by atoms with E-state index in [9.17, 15) is 0 Å². The molecule has 6 nitrogen and oxygen atoms in total. The molecule has 23 heavy (non-hydrogen) atoms. The first-order chi connectivity index (χ1) is 11.2. The first kappa shape index (κ1) is 17.1. The van der Waals surface area contributed by atoms with Gasteiger partial charge in [-0.05, 0) is 24.5 Å². The molecule has 0 radical (unpaired) electrons. The molecule has 0 bridgehead atoms. The molecule has 126 valence electrons. The number of aliphatic imine (C=N–C) groups is 1. The van der Waals surface area contributed by atoms with E-state index in [0.717, 1.165) is 36.8 Å². The molecule has 2 aromatic rings. The Morgan fingerprint density at radius 1 is 1.30 bits per heavy atom. The Kier molecular flexibility index (Phi) is 6.26. The van der Waals surface area contributed by atoms with Crippen LogP contribution in [0.1, 0.15) is 49.6 Å². The Labute approximate surface area is 138 Å². The second kappa shape index (κ2) is 8.41. The van der Waals surface area contributed by atoms with Crippen molar-refractivity contribution in [1.82, 2.24) is 20.4 Å². The van der Waals surface area contributed by atoms with Crippen LogP contribution in [0.5, 0.6) is 0 Å². The van der Waals surface area contributed by atoms with Crippen molar-refractivity contribution in [2.24, 2.45) is 12.0 Å². The van der Waals surface area contributed by atoms with Crippen molar-refractivity contribution in [1.29, 1.82) is 0 Å². The maximum absolute atomic E-state index is 5.41. The highest BCUT2D eigenvalue weighted by Crippen LogP contribution is 2.22. The minimum absolute atomic E-state index is 0.475. The van der Waals surface area contributed by atoms with Crippen LogP contribution in [0.3, 0.4) is 0 Å². The zero-order valence-corrected chi connectivity index (χ0v) is 14.5. The fourth-order valence-corrected chi connectivity index (χ4v) is 2.55. The summed E-state index contributed by atoms with van der Waals surface area (Å²) in [6.07, 6.45) is 6.27. The molecule has 0 saturated carbocycles. The number of hydrogen-bond donors (Lipinski definition) is 2. The van der Waals surface area contributed by atoms with Gasteiger partial charge in [-0.2, -0.15) is 0 Å². The third-order valence-electron chi connectivity index (χ3n) is 3.99. The SMILES string of the molecule is CCC(CC)c1cc(CNC(=NC)NCc2ccn(C)c2)on1. The number of nitrogens with zero attached hydrogens (tertiary/aromatic N) is 3. The van der Waals surface area contributed by atoms with Crippen LogP contribution < -0.4 is 10.6 Å². The number of aromatic nitrogens is 2. The third kappa shape index (κ3) is 4.87. The Morgan fingerprint density at radius 2 is 2.04 bits per heavy atom. The molecule has 2 rings (SSSR count). The molecule has 0 aliphatic carbocycles. The largest absolute Gasteiger partial charge is 0.359 e. The number of aryl methyl sites for hydroxylation is 1. The molecule has 2 N–H and O–H groups in total. The van der Waals surface area contributed by atoms with Gasteiger partial charge in [-0.25, -0.2) is 0 Å². The van der Waals surface area contributed by atoms with Gasteiger partial charge >= 0.3 is 0 Å². The fraction of sp³-hybridized carbons (Fsp3) is 0.529. The lowest BCUT2D eigenvalue weighted by molar-refractivity contribution is 0.368. The lowest BCUT2D eigenvalue weighted by Gasteiger charge is -2.09. The van der Waals surface area contributed by atoms with E-state index in [1.54, 1.807) is 7.05 Å². The van der Waals surface area contributed by atoms with Gasteiger partial charge in [0.25, 0.3) is 0 Å². The fourth-order valence-electron chi connectivity index (χ4n) is 2.55. The van der Waals surface area contributed by atoms with Gasteiger partial charge in [-0.1, -0.05) is 19.0 Å². The maximum Gasteiger partial charge on any atom is 0.191 e. The Balaban J connectivity index is 1.83. The van der Waals surface area contributed by atoms with Crippen LogP contribution in [0.4, 0.5) is 0 Å². The highest BCUT2D eigenvalue weighted by molar-refractivity contribution is 5.79. The molecule has 0 spiro atoms. The first-order valence-corrected chi connectivity index (χ1v) is 8.17. The molecular weight excluding hydrogens is 290 g/mol. The minimum atomic E-state index is 0.475. The van der Waals surface area contributed by atoms with E-state index in [0.29, 0.717) is 12.5 Å². The van der Waals surface area contributed by atoms with Gasteiger partial charge in [-0.3, -0.25) is 4.99 Å². The highest BCUT2D eigenvalue weighted by atomic mass is 16.5. The summed E-state index contributed by atoms with van der Waals surface area (Å²) in [6, 6.07) is 4.12. The zero-order chi connectivity index (χ0) is 16.7. The van der Waals surface area contributed by atoms with Crippen LogP contribution in [0.2, 0.25) is 0 Å². The number of hydrogen-bond acceptors (Lipinski definition) is 3. The number of rotatable bonds is 7. The van der Waals surface area contributed by atoms with Crippen LogP contribution in [-0.2, 0) is 20.1 Å². The second-order valence-electron chi connectivity index (χ2n) is 5.70. The average Bonchev–Trinajstić information content (AvgIpc) is 3.18. The van der Waals surface area contributed by atoms with Crippen molar-refractivity contribution in [2.45, 2.75) is 45.7 Å². The van der Waals surface area contributed by atoms with Crippen LogP contribution in [-0.4, -0.2) is 22.7 Å². The van der Waals surface area contributed by atoms with E-state index in [1.165, 1.54) is 5.56 Å². The quantitative estimate of drug-likeness (QED) is 0.609. The lowest BCUT2D eigenvalue weighted by Crippen LogP contribution is -2.36. The third-order valence-corrected chi connectivity index (χ3v) is 3.99. The molecule has 0 aromatic carbocycles. The molecule has 2 heterocycles. The van der Waals surface area contributed by atoms with Crippen molar-refractivity contribution >= 4 is 5.96 Å². The van der Waals surface area contributed by atoms with Crippen molar-refractivity contribution in [3.8, 4) is 0 Å². The Morgan fingerprint density at radius 3 is 2.65 bits per heavy atom. The predicted octanol–water partition coefficient (Wildman–Crippen LogP) is 2.78. The molecule has 0 atom stereocenters. The van der Waals surface area contributed by atoms with E-state index in [-0.39, 0.29) is 0 Å². The van der Waals surface area contributed by atoms with Gasteiger partial charge in [0.2, 0.25) is 0 Å². The Hall–Kier alpha value is -2.24. The van der Waals surface area contributed by atoms with E-state index < -0.39 is 0 Å². The normalized spacial score (nSPS) is 12.0.